The Morgan fingerprint density at radius 1 is 1.56 bits per heavy atom. The van der Waals surface area contributed by atoms with E-state index < -0.39 is 0 Å². The van der Waals surface area contributed by atoms with Gasteiger partial charge in [0, 0.05) is 11.4 Å². The molecule has 84 valence electrons. The van der Waals surface area contributed by atoms with Gasteiger partial charge in [-0.3, -0.25) is 0 Å². The van der Waals surface area contributed by atoms with Gasteiger partial charge in [0.1, 0.15) is 5.15 Å². The van der Waals surface area contributed by atoms with Crippen LogP contribution in [0.5, 0.6) is 0 Å². The van der Waals surface area contributed by atoms with Crippen LogP contribution in [0.1, 0.15) is 10.4 Å². The third kappa shape index (κ3) is 2.75. The second-order valence-electron chi connectivity index (χ2n) is 3.38. The maximum Gasteiger partial charge on any atom is 0.143 e. The number of nitrogens with one attached hydrogen (secondary N) is 1. The van der Waals surface area contributed by atoms with Gasteiger partial charge in [0.15, 0.2) is 0 Å². The van der Waals surface area contributed by atoms with Crippen molar-refractivity contribution in [1.29, 1.82) is 0 Å². The molecule has 0 aliphatic heterocycles. The molecule has 0 radical (unpaired) electrons. The highest BCUT2D eigenvalue weighted by Gasteiger charge is 2.02. The van der Waals surface area contributed by atoms with Crippen LogP contribution >= 0.6 is 38.9 Å². The Labute approximate surface area is 112 Å². The fraction of sp³-hybridized carbons (Fsp3) is 0.182. The Bertz CT molecular complexity index is 498. The van der Waals surface area contributed by atoms with Crippen LogP contribution in [0, 0.1) is 6.92 Å². The molecule has 2 heterocycles. The first-order valence-electron chi connectivity index (χ1n) is 4.74. The lowest BCUT2D eigenvalue weighted by molar-refractivity contribution is 1.15. The molecule has 0 aromatic carbocycles. The molecule has 0 fully saturated rings. The predicted molar refractivity (Wildman–Crippen MR) is 73.3 cm³/mol. The Hall–Kier alpha value is -0.580. The summed E-state index contributed by atoms with van der Waals surface area (Å²) < 4.78 is 0.807. The minimum atomic E-state index is 0.484. The summed E-state index contributed by atoms with van der Waals surface area (Å²) in [6, 6.07) is 4.05. The summed E-state index contributed by atoms with van der Waals surface area (Å²) in [6.07, 6.45) is 1.73. The maximum absolute atomic E-state index is 5.82. The summed E-state index contributed by atoms with van der Waals surface area (Å²) in [6.45, 7) is 2.93. The number of halogens is 2. The standard InChI is InChI=1S/C11H10BrClN2S/c1-7-2-3-16-10(7)6-14-8-4-9(12)11(13)15-5-8/h2-5,14H,6H2,1H3. The maximum atomic E-state index is 5.82. The zero-order valence-corrected chi connectivity index (χ0v) is 11.8. The molecule has 2 rings (SSSR count). The molecule has 0 aliphatic carbocycles. The average Bonchev–Trinajstić information content (AvgIpc) is 2.66. The lowest BCUT2D eigenvalue weighted by atomic mass is 10.3. The minimum Gasteiger partial charge on any atom is -0.379 e. The van der Waals surface area contributed by atoms with E-state index in [1.54, 1.807) is 17.5 Å². The van der Waals surface area contributed by atoms with Gasteiger partial charge in [0.2, 0.25) is 0 Å². The Morgan fingerprint density at radius 2 is 2.38 bits per heavy atom. The number of anilines is 1. The van der Waals surface area contributed by atoms with Crippen molar-refractivity contribution in [2.24, 2.45) is 0 Å². The number of aryl methyl sites for hydroxylation is 1. The highest BCUT2D eigenvalue weighted by molar-refractivity contribution is 9.10. The van der Waals surface area contributed by atoms with Crippen molar-refractivity contribution in [3.63, 3.8) is 0 Å². The van der Waals surface area contributed by atoms with E-state index in [2.05, 4.69) is 44.6 Å². The van der Waals surface area contributed by atoms with Crippen molar-refractivity contribution in [2.75, 3.05) is 5.32 Å². The summed E-state index contributed by atoms with van der Waals surface area (Å²) in [5.74, 6) is 0. The van der Waals surface area contributed by atoms with Gasteiger partial charge >= 0.3 is 0 Å². The van der Waals surface area contributed by atoms with E-state index in [-0.39, 0.29) is 0 Å². The molecule has 0 spiro atoms. The number of thiophene rings is 1. The van der Waals surface area contributed by atoms with Crippen LogP contribution in [0.2, 0.25) is 5.15 Å². The third-order valence-electron chi connectivity index (χ3n) is 2.22. The van der Waals surface area contributed by atoms with E-state index in [0.717, 1.165) is 16.7 Å². The van der Waals surface area contributed by atoms with Crippen molar-refractivity contribution in [1.82, 2.24) is 4.98 Å². The van der Waals surface area contributed by atoms with Crippen molar-refractivity contribution in [3.8, 4) is 0 Å². The Kier molecular flexibility index (Phi) is 3.84. The molecular formula is C11H10BrClN2S. The average molecular weight is 318 g/mol. The second-order valence-corrected chi connectivity index (χ2v) is 5.59. The first kappa shape index (κ1) is 11.9. The number of rotatable bonds is 3. The van der Waals surface area contributed by atoms with Crippen molar-refractivity contribution in [2.45, 2.75) is 13.5 Å². The normalized spacial score (nSPS) is 10.4. The fourth-order valence-corrected chi connectivity index (χ4v) is 2.58. The Balaban J connectivity index is 2.05. The number of pyridine rings is 1. The van der Waals surface area contributed by atoms with Gasteiger partial charge in [0.05, 0.1) is 16.4 Å². The Morgan fingerprint density at radius 3 is 3.00 bits per heavy atom. The van der Waals surface area contributed by atoms with Crippen LogP contribution in [0.3, 0.4) is 0 Å². The number of nitrogens with zero attached hydrogens (tertiary/aromatic N) is 1. The van der Waals surface area contributed by atoms with E-state index in [1.807, 2.05) is 6.07 Å². The van der Waals surface area contributed by atoms with Gasteiger partial charge in [0.25, 0.3) is 0 Å². The highest BCUT2D eigenvalue weighted by Crippen LogP contribution is 2.24. The molecule has 0 unspecified atom stereocenters. The molecule has 0 saturated heterocycles. The third-order valence-corrected chi connectivity index (χ3v) is 4.37. The minimum absolute atomic E-state index is 0.484. The van der Waals surface area contributed by atoms with E-state index in [1.165, 1.54) is 10.4 Å². The first-order chi connectivity index (χ1) is 7.66. The van der Waals surface area contributed by atoms with E-state index in [4.69, 9.17) is 11.6 Å². The molecule has 1 N–H and O–H groups in total. The second kappa shape index (κ2) is 5.17. The van der Waals surface area contributed by atoms with Crippen LogP contribution in [-0.2, 0) is 6.54 Å². The van der Waals surface area contributed by atoms with Crippen molar-refractivity contribution >= 4 is 44.6 Å². The van der Waals surface area contributed by atoms with Crippen LogP contribution in [0.15, 0.2) is 28.2 Å². The largest absolute Gasteiger partial charge is 0.379 e. The number of aromatic nitrogens is 1. The van der Waals surface area contributed by atoms with Crippen LogP contribution < -0.4 is 5.32 Å². The number of hydrogen-bond donors (Lipinski definition) is 1. The van der Waals surface area contributed by atoms with Gasteiger partial charge in [-0.05, 0) is 45.9 Å². The highest BCUT2D eigenvalue weighted by atomic mass is 79.9. The van der Waals surface area contributed by atoms with Crippen LogP contribution in [-0.4, -0.2) is 4.98 Å². The van der Waals surface area contributed by atoms with Crippen LogP contribution in [0.25, 0.3) is 0 Å². The van der Waals surface area contributed by atoms with Gasteiger partial charge < -0.3 is 5.32 Å². The fourth-order valence-electron chi connectivity index (χ4n) is 1.29. The van der Waals surface area contributed by atoms with Gasteiger partial charge in [-0.25, -0.2) is 4.98 Å². The summed E-state index contributed by atoms with van der Waals surface area (Å²) in [7, 11) is 0. The molecule has 0 saturated carbocycles. The van der Waals surface area contributed by atoms with Gasteiger partial charge in [-0.1, -0.05) is 11.6 Å². The van der Waals surface area contributed by atoms with E-state index in [9.17, 15) is 0 Å². The van der Waals surface area contributed by atoms with Gasteiger partial charge in [-0.2, -0.15) is 0 Å². The first-order valence-corrected chi connectivity index (χ1v) is 6.80. The molecule has 2 nitrogen and oxygen atoms in total. The van der Waals surface area contributed by atoms with Gasteiger partial charge in [-0.15, -0.1) is 11.3 Å². The number of hydrogen-bond acceptors (Lipinski definition) is 3. The summed E-state index contributed by atoms with van der Waals surface area (Å²) in [4.78, 5) is 5.40. The molecule has 0 bridgehead atoms. The molecule has 0 aliphatic rings. The lowest BCUT2D eigenvalue weighted by Crippen LogP contribution is -1.99. The van der Waals surface area contributed by atoms with Crippen LogP contribution in [0.4, 0.5) is 5.69 Å². The quantitative estimate of drug-likeness (QED) is 0.844. The van der Waals surface area contributed by atoms with Crippen molar-refractivity contribution in [3.05, 3.63) is 43.8 Å². The zero-order chi connectivity index (χ0) is 11.5. The predicted octanol–water partition coefficient (Wildman–Crippen LogP) is 4.48. The van der Waals surface area contributed by atoms with Crippen molar-refractivity contribution < 1.29 is 0 Å². The molecule has 2 aromatic rings. The molecule has 5 heteroatoms. The molecule has 2 aromatic heterocycles. The molecule has 16 heavy (non-hydrogen) atoms. The van der Waals surface area contributed by atoms with E-state index in [0.29, 0.717) is 5.15 Å². The summed E-state index contributed by atoms with van der Waals surface area (Å²) in [5.41, 5.74) is 2.28. The molecule has 0 amide bonds. The molecule has 0 atom stereocenters. The zero-order valence-electron chi connectivity index (χ0n) is 8.63. The summed E-state index contributed by atoms with van der Waals surface area (Å²) >= 11 is 10.9. The summed E-state index contributed by atoms with van der Waals surface area (Å²) in [5, 5.41) is 5.90. The smallest absolute Gasteiger partial charge is 0.143 e. The lowest BCUT2D eigenvalue weighted by Gasteiger charge is -2.06. The molecular weight excluding hydrogens is 308 g/mol. The van der Waals surface area contributed by atoms with E-state index >= 15 is 0 Å². The monoisotopic (exact) mass is 316 g/mol. The SMILES string of the molecule is Cc1ccsc1CNc1cnc(Cl)c(Br)c1. The topological polar surface area (TPSA) is 24.9 Å².